The van der Waals surface area contributed by atoms with Gasteiger partial charge < -0.3 is 5.32 Å². The highest BCUT2D eigenvalue weighted by Gasteiger charge is 2.43. The molecular formula is C19H14Cl2F3N. The normalized spacial score (nSPS) is 24.6. The van der Waals surface area contributed by atoms with Gasteiger partial charge >= 0.3 is 6.18 Å². The van der Waals surface area contributed by atoms with Crippen LogP contribution in [0.3, 0.4) is 0 Å². The average molecular weight is 384 g/mol. The maximum absolute atomic E-state index is 13.5. The van der Waals surface area contributed by atoms with Crippen LogP contribution in [0.2, 0.25) is 10.0 Å². The Balaban J connectivity index is 1.87. The van der Waals surface area contributed by atoms with Crippen LogP contribution in [0, 0.1) is 5.92 Å². The molecular weight excluding hydrogens is 370 g/mol. The number of hydrogen-bond acceptors (Lipinski definition) is 1. The van der Waals surface area contributed by atoms with Gasteiger partial charge in [0, 0.05) is 5.92 Å². The third kappa shape index (κ3) is 2.72. The van der Waals surface area contributed by atoms with Gasteiger partial charge in [0.05, 0.1) is 27.3 Å². The molecule has 0 saturated heterocycles. The van der Waals surface area contributed by atoms with E-state index in [-0.39, 0.29) is 17.4 Å². The van der Waals surface area contributed by atoms with Gasteiger partial charge in [-0.1, -0.05) is 59.6 Å². The van der Waals surface area contributed by atoms with E-state index in [1.807, 2.05) is 12.1 Å². The van der Waals surface area contributed by atoms with Gasteiger partial charge in [-0.2, -0.15) is 13.2 Å². The quantitative estimate of drug-likeness (QED) is 0.531. The topological polar surface area (TPSA) is 12.0 Å². The molecule has 1 aliphatic heterocycles. The minimum Gasteiger partial charge on any atom is -0.376 e. The Morgan fingerprint density at radius 3 is 2.52 bits per heavy atom. The Labute approximate surface area is 153 Å². The van der Waals surface area contributed by atoms with E-state index in [9.17, 15) is 13.2 Å². The van der Waals surface area contributed by atoms with Crippen molar-refractivity contribution in [1.82, 2.24) is 0 Å². The smallest absolute Gasteiger partial charge is 0.376 e. The molecule has 2 aromatic carbocycles. The van der Waals surface area contributed by atoms with Gasteiger partial charge in [-0.3, -0.25) is 0 Å². The molecule has 1 heterocycles. The summed E-state index contributed by atoms with van der Waals surface area (Å²) >= 11 is 12.5. The summed E-state index contributed by atoms with van der Waals surface area (Å²) in [6.07, 6.45) is 0.391. The fourth-order valence-corrected chi connectivity index (χ4v) is 4.32. The second-order valence-corrected chi connectivity index (χ2v) is 7.17. The minimum atomic E-state index is -4.40. The van der Waals surface area contributed by atoms with Crippen molar-refractivity contribution in [3.8, 4) is 0 Å². The molecule has 1 aliphatic carbocycles. The van der Waals surface area contributed by atoms with Gasteiger partial charge in [-0.25, -0.2) is 0 Å². The van der Waals surface area contributed by atoms with E-state index in [1.54, 1.807) is 18.2 Å². The van der Waals surface area contributed by atoms with Gasteiger partial charge in [-0.05, 0) is 35.6 Å². The zero-order valence-corrected chi connectivity index (χ0v) is 14.5. The van der Waals surface area contributed by atoms with Crippen molar-refractivity contribution in [3.63, 3.8) is 0 Å². The molecule has 6 heteroatoms. The highest BCUT2D eigenvalue weighted by atomic mass is 35.5. The van der Waals surface area contributed by atoms with E-state index in [0.717, 1.165) is 11.6 Å². The largest absolute Gasteiger partial charge is 0.416 e. The highest BCUT2D eigenvalue weighted by Crippen LogP contribution is 2.53. The first kappa shape index (κ1) is 16.8. The van der Waals surface area contributed by atoms with Gasteiger partial charge in [0.25, 0.3) is 0 Å². The van der Waals surface area contributed by atoms with E-state index in [2.05, 4.69) is 11.4 Å². The van der Waals surface area contributed by atoms with Crippen molar-refractivity contribution in [3.05, 3.63) is 75.3 Å². The van der Waals surface area contributed by atoms with Crippen molar-refractivity contribution in [2.24, 2.45) is 5.92 Å². The van der Waals surface area contributed by atoms with Gasteiger partial charge in [0.2, 0.25) is 0 Å². The number of halogens is 5. The lowest BCUT2D eigenvalue weighted by Gasteiger charge is -2.39. The molecule has 1 N–H and O–H groups in total. The van der Waals surface area contributed by atoms with Gasteiger partial charge in [0.15, 0.2) is 0 Å². The Morgan fingerprint density at radius 2 is 1.76 bits per heavy atom. The molecule has 0 unspecified atom stereocenters. The Bertz CT molecular complexity index is 860. The van der Waals surface area contributed by atoms with Crippen LogP contribution >= 0.6 is 23.2 Å². The number of alkyl halides is 3. The maximum Gasteiger partial charge on any atom is 0.416 e. The number of benzene rings is 2. The number of hydrogen-bond donors (Lipinski definition) is 1. The van der Waals surface area contributed by atoms with E-state index in [1.165, 1.54) is 6.07 Å². The molecule has 0 aromatic heterocycles. The van der Waals surface area contributed by atoms with Crippen LogP contribution in [0.15, 0.2) is 48.6 Å². The van der Waals surface area contributed by atoms with Crippen molar-refractivity contribution in [2.45, 2.75) is 24.6 Å². The molecule has 1 nitrogen and oxygen atoms in total. The predicted molar refractivity (Wildman–Crippen MR) is 94.3 cm³/mol. The monoisotopic (exact) mass is 383 g/mol. The molecule has 0 bridgehead atoms. The summed E-state index contributed by atoms with van der Waals surface area (Å²) in [6, 6.07) is 8.87. The molecule has 130 valence electrons. The first-order valence-electron chi connectivity index (χ1n) is 7.95. The maximum atomic E-state index is 13.5. The third-order valence-electron chi connectivity index (χ3n) is 5.03. The molecule has 2 aliphatic rings. The van der Waals surface area contributed by atoms with E-state index < -0.39 is 17.8 Å². The number of rotatable bonds is 1. The van der Waals surface area contributed by atoms with Crippen molar-refractivity contribution in [1.29, 1.82) is 0 Å². The van der Waals surface area contributed by atoms with E-state index >= 15 is 0 Å². The first-order valence-corrected chi connectivity index (χ1v) is 8.70. The zero-order chi connectivity index (χ0) is 17.8. The SMILES string of the molecule is FC(F)(F)c1ccccc1[C@H]1Nc2c(ccc(Cl)c2Cl)[C@H]2C=CC[C@@H]21. The molecule has 0 radical (unpaired) electrons. The molecule has 3 atom stereocenters. The summed E-state index contributed by atoms with van der Waals surface area (Å²) in [6.45, 7) is 0. The molecule has 25 heavy (non-hydrogen) atoms. The Kier molecular flexibility index (Phi) is 4.00. The van der Waals surface area contributed by atoms with Gasteiger partial charge in [-0.15, -0.1) is 0 Å². The summed E-state index contributed by atoms with van der Waals surface area (Å²) in [5, 5.41) is 3.99. The molecule has 0 saturated carbocycles. The Hall–Kier alpha value is -1.65. The van der Waals surface area contributed by atoms with E-state index in [4.69, 9.17) is 23.2 Å². The standard InChI is InChI=1S/C19H14Cl2F3N/c20-15-9-8-12-10-5-3-6-11(10)17(25-18(12)16(15)21)13-4-1-2-7-14(13)19(22,23)24/h1-5,7-11,17,25H,6H2/t10-,11-,17-/m0/s1. The lowest BCUT2D eigenvalue weighted by Crippen LogP contribution is -2.31. The second-order valence-electron chi connectivity index (χ2n) is 6.39. The summed E-state index contributed by atoms with van der Waals surface area (Å²) in [4.78, 5) is 0. The van der Waals surface area contributed by atoms with Crippen LogP contribution in [0.1, 0.15) is 35.1 Å². The summed E-state index contributed by atoms with van der Waals surface area (Å²) in [7, 11) is 0. The summed E-state index contributed by atoms with van der Waals surface area (Å²) < 4.78 is 40.5. The Morgan fingerprint density at radius 1 is 1.00 bits per heavy atom. The number of anilines is 1. The second kappa shape index (κ2) is 5.96. The number of allylic oxidation sites excluding steroid dienone is 2. The van der Waals surface area contributed by atoms with Crippen LogP contribution in [-0.4, -0.2) is 0 Å². The van der Waals surface area contributed by atoms with Crippen LogP contribution in [0.25, 0.3) is 0 Å². The van der Waals surface area contributed by atoms with Gasteiger partial charge in [0.1, 0.15) is 0 Å². The molecule has 4 rings (SSSR count). The fraction of sp³-hybridized carbons (Fsp3) is 0.263. The minimum absolute atomic E-state index is 0.00763. The number of fused-ring (bicyclic) bond motifs is 3. The van der Waals surface area contributed by atoms with E-state index in [0.29, 0.717) is 22.2 Å². The highest BCUT2D eigenvalue weighted by molar-refractivity contribution is 6.43. The van der Waals surface area contributed by atoms with Crippen molar-refractivity contribution < 1.29 is 13.2 Å². The third-order valence-corrected chi connectivity index (χ3v) is 5.83. The summed E-state index contributed by atoms with van der Waals surface area (Å²) in [5.41, 5.74) is 1.24. The lowest BCUT2D eigenvalue weighted by atomic mass is 9.76. The molecule has 2 aromatic rings. The van der Waals surface area contributed by atoms with Crippen LogP contribution in [0.4, 0.5) is 18.9 Å². The molecule has 0 fully saturated rings. The van der Waals surface area contributed by atoms with Crippen LogP contribution < -0.4 is 5.32 Å². The lowest BCUT2D eigenvalue weighted by molar-refractivity contribution is -0.138. The number of nitrogens with one attached hydrogen (secondary N) is 1. The zero-order valence-electron chi connectivity index (χ0n) is 12.9. The summed E-state index contributed by atoms with van der Waals surface area (Å²) in [5.74, 6) is 0.0329. The van der Waals surface area contributed by atoms with Crippen LogP contribution in [0.5, 0.6) is 0 Å². The fourth-order valence-electron chi connectivity index (χ4n) is 3.94. The predicted octanol–water partition coefficient (Wildman–Crippen LogP) is 6.84. The van der Waals surface area contributed by atoms with Crippen LogP contribution in [-0.2, 0) is 6.18 Å². The van der Waals surface area contributed by atoms with Crippen molar-refractivity contribution in [2.75, 3.05) is 5.32 Å². The molecule has 0 amide bonds. The first-order chi connectivity index (χ1) is 11.9. The molecule has 0 spiro atoms. The average Bonchev–Trinajstić information content (AvgIpc) is 3.06. The van der Waals surface area contributed by atoms with Crippen molar-refractivity contribution >= 4 is 28.9 Å².